The third-order valence-electron chi connectivity index (χ3n) is 5.40. The van der Waals surface area contributed by atoms with Crippen LogP contribution in [0.1, 0.15) is 12.5 Å². The highest BCUT2D eigenvalue weighted by Crippen LogP contribution is 2.21. The normalized spacial score (nSPS) is 15.3. The molecule has 2 aromatic heterocycles. The van der Waals surface area contributed by atoms with E-state index in [-0.39, 0.29) is 11.8 Å². The minimum atomic E-state index is -0.595. The summed E-state index contributed by atoms with van der Waals surface area (Å²) >= 11 is 5.92. The van der Waals surface area contributed by atoms with Crippen molar-refractivity contribution in [2.45, 2.75) is 19.4 Å². The summed E-state index contributed by atoms with van der Waals surface area (Å²) in [6.07, 6.45) is 3.99. The molecule has 1 aliphatic heterocycles. The second-order valence-electron chi connectivity index (χ2n) is 7.46. The Morgan fingerprint density at radius 1 is 1.17 bits per heavy atom. The number of anilines is 1. The summed E-state index contributed by atoms with van der Waals surface area (Å²) in [5.41, 5.74) is 2.03. The maximum atomic E-state index is 13.2. The van der Waals surface area contributed by atoms with Crippen LogP contribution in [0.25, 0.3) is 10.9 Å². The van der Waals surface area contributed by atoms with Gasteiger partial charge in [-0.15, -0.1) is 0 Å². The van der Waals surface area contributed by atoms with Crippen molar-refractivity contribution in [3.05, 3.63) is 59.4 Å². The van der Waals surface area contributed by atoms with Crippen LogP contribution in [-0.4, -0.2) is 58.9 Å². The highest BCUT2D eigenvalue weighted by atomic mass is 35.5. The number of carbonyl (C=O) groups excluding carboxylic acids is 2. The van der Waals surface area contributed by atoms with Gasteiger partial charge in [0, 0.05) is 62.8 Å². The van der Waals surface area contributed by atoms with Crippen LogP contribution in [0.2, 0.25) is 5.02 Å². The summed E-state index contributed by atoms with van der Waals surface area (Å²) in [6, 6.07) is 11.1. The molecule has 0 spiro atoms. The molecule has 0 radical (unpaired) electrons. The number of nitrogens with zero attached hydrogens (tertiary/aromatic N) is 3. The number of aromatic nitrogens is 2. The molecule has 3 aromatic rings. The number of piperazine rings is 1. The summed E-state index contributed by atoms with van der Waals surface area (Å²) in [5.74, 6) is 0.583. The first kappa shape index (κ1) is 20.2. The van der Waals surface area contributed by atoms with Crippen LogP contribution >= 0.6 is 11.6 Å². The van der Waals surface area contributed by atoms with Gasteiger partial charge in [0.2, 0.25) is 11.8 Å². The minimum Gasteiger partial charge on any atom is -0.361 e. The largest absolute Gasteiger partial charge is 0.361 e. The Hall–Kier alpha value is -3.06. The van der Waals surface area contributed by atoms with Crippen molar-refractivity contribution in [1.82, 2.24) is 20.2 Å². The number of pyridine rings is 1. The van der Waals surface area contributed by atoms with E-state index in [1.807, 2.05) is 47.5 Å². The third kappa shape index (κ3) is 4.41. The van der Waals surface area contributed by atoms with E-state index >= 15 is 0 Å². The lowest BCUT2D eigenvalue weighted by Gasteiger charge is -2.37. The van der Waals surface area contributed by atoms with E-state index in [2.05, 4.69) is 20.2 Å². The van der Waals surface area contributed by atoms with Crippen LogP contribution in [0, 0.1) is 0 Å². The van der Waals surface area contributed by atoms with E-state index in [0.717, 1.165) is 22.3 Å². The van der Waals surface area contributed by atoms with Gasteiger partial charge in [-0.1, -0.05) is 29.8 Å². The summed E-state index contributed by atoms with van der Waals surface area (Å²) < 4.78 is 0. The van der Waals surface area contributed by atoms with Crippen LogP contribution in [0.15, 0.2) is 48.8 Å². The molecule has 1 saturated heterocycles. The predicted molar refractivity (Wildman–Crippen MR) is 118 cm³/mol. The molecule has 30 heavy (non-hydrogen) atoms. The minimum absolute atomic E-state index is 0.0563. The summed E-state index contributed by atoms with van der Waals surface area (Å²) in [5, 5.41) is 4.51. The van der Waals surface area contributed by atoms with E-state index in [4.69, 9.17) is 11.6 Å². The molecule has 3 heterocycles. The van der Waals surface area contributed by atoms with Gasteiger partial charge >= 0.3 is 0 Å². The molecule has 1 aromatic carbocycles. The smallest absolute Gasteiger partial charge is 0.245 e. The maximum Gasteiger partial charge on any atom is 0.245 e. The van der Waals surface area contributed by atoms with Crippen molar-refractivity contribution < 1.29 is 9.59 Å². The fourth-order valence-corrected chi connectivity index (χ4v) is 4.01. The fourth-order valence-electron chi connectivity index (χ4n) is 3.90. The number of benzene rings is 1. The van der Waals surface area contributed by atoms with Gasteiger partial charge in [-0.2, -0.15) is 0 Å². The van der Waals surface area contributed by atoms with Gasteiger partial charge in [-0.25, -0.2) is 4.98 Å². The van der Waals surface area contributed by atoms with Crippen LogP contribution in [0.3, 0.4) is 0 Å². The van der Waals surface area contributed by atoms with Crippen molar-refractivity contribution in [3.8, 4) is 0 Å². The molecule has 1 unspecified atom stereocenters. The Morgan fingerprint density at radius 3 is 2.63 bits per heavy atom. The zero-order chi connectivity index (χ0) is 21.1. The lowest BCUT2D eigenvalue weighted by molar-refractivity contribution is -0.136. The van der Waals surface area contributed by atoms with Crippen LogP contribution in [0.5, 0.6) is 0 Å². The molecule has 1 fully saturated rings. The molecule has 8 heteroatoms. The van der Waals surface area contributed by atoms with E-state index < -0.39 is 6.04 Å². The number of halogens is 1. The molecular formula is C22H24ClN5O2. The van der Waals surface area contributed by atoms with Gasteiger partial charge in [0.1, 0.15) is 11.9 Å². The van der Waals surface area contributed by atoms with E-state index in [1.165, 1.54) is 6.92 Å². The van der Waals surface area contributed by atoms with Gasteiger partial charge in [-0.05, 0) is 23.8 Å². The van der Waals surface area contributed by atoms with Crippen LogP contribution in [0.4, 0.5) is 5.82 Å². The molecule has 2 amide bonds. The number of nitrogens with one attached hydrogen (secondary N) is 2. The Morgan fingerprint density at radius 2 is 1.93 bits per heavy atom. The molecule has 7 nitrogen and oxygen atoms in total. The zero-order valence-corrected chi connectivity index (χ0v) is 17.5. The highest BCUT2D eigenvalue weighted by Gasteiger charge is 2.29. The third-order valence-corrected chi connectivity index (χ3v) is 5.63. The number of para-hydroxylation sites is 1. The van der Waals surface area contributed by atoms with E-state index in [1.54, 1.807) is 6.20 Å². The van der Waals surface area contributed by atoms with Gasteiger partial charge in [0.15, 0.2) is 0 Å². The summed E-state index contributed by atoms with van der Waals surface area (Å²) in [4.78, 5) is 36.6. The van der Waals surface area contributed by atoms with Crippen molar-refractivity contribution in [2.24, 2.45) is 0 Å². The second-order valence-corrected chi connectivity index (χ2v) is 7.90. The Kier molecular flexibility index (Phi) is 5.90. The molecule has 1 atom stereocenters. The number of hydrogen-bond donors (Lipinski definition) is 2. The Balaban J connectivity index is 1.45. The van der Waals surface area contributed by atoms with Crippen molar-refractivity contribution in [1.29, 1.82) is 0 Å². The van der Waals surface area contributed by atoms with Crippen LogP contribution in [-0.2, 0) is 16.0 Å². The Bertz CT molecular complexity index is 1040. The monoisotopic (exact) mass is 425 g/mol. The standard InChI is InChI=1S/C22H24ClN5O2/c1-15(29)26-20(12-16-13-24-19-5-3-2-4-18(16)19)22(30)28-10-8-27(9-11-28)21-7-6-17(23)14-25-21/h2-7,13-14,20,24H,8-12H2,1H3,(H,26,29). The first-order valence-corrected chi connectivity index (χ1v) is 10.4. The number of amides is 2. The van der Waals surface area contributed by atoms with Gasteiger partial charge in [0.25, 0.3) is 0 Å². The molecule has 156 valence electrons. The second kappa shape index (κ2) is 8.75. The first-order valence-electron chi connectivity index (χ1n) is 9.98. The van der Waals surface area contributed by atoms with Crippen LogP contribution < -0.4 is 10.2 Å². The van der Waals surface area contributed by atoms with E-state index in [0.29, 0.717) is 37.6 Å². The average molecular weight is 426 g/mol. The van der Waals surface area contributed by atoms with E-state index in [9.17, 15) is 9.59 Å². The molecule has 0 aliphatic carbocycles. The number of fused-ring (bicyclic) bond motifs is 1. The summed E-state index contributed by atoms with van der Waals surface area (Å²) in [7, 11) is 0. The molecule has 0 bridgehead atoms. The Labute approximate surface area is 180 Å². The lowest BCUT2D eigenvalue weighted by Crippen LogP contribution is -2.55. The molecule has 2 N–H and O–H groups in total. The number of rotatable bonds is 5. The zero-order valence-electron chi connectivity index (χ0n) is 16.8. The SMILES string of the molecule is CC(=O)NC(Cc1c[nH]c2ccccc12)C(=O)N1CCN(c2ccc(Cl)cn2)CC1. The molecule has 1 aliphatic rings. The first-order chi connectivity index (χ1) is 14.5. The maximum absolute atomic E-state index is 13.2. The molecule has 0 saturated carbocycles. The quantitative estimate of drug-likeness (QED) is 0.658. The number of aromatic amines is 1. The van der Waals surface area contributed by atoms with Crippen molar-refractivity contribution >= 4 is 40.1 Å². The topological polar surface area (TPSA) is 81.3 Å². The number of carbonyl (C=O) groups is 2. The van der Waals surface area contributed by atoms with Crippen molar-refractivity contribution in [3.63, 3.8) is 0 Å². The van der Waals surface area contributed by atoms with Gasteiger partial charge in [0.05, 0.1) is 5.02 Å². The molecule has 4 rings (SSSR count). The number of hydrogen-bond acceptors (Lipinski definition) is 4. The number of H-pyrrole nitrogens is 1. The lowest BCUT2D eigenvalue weighted by atomic mass is 10.0. The van der Waals surface area contributed by atoms with Crippen molar-refractivity contribution in [2.75, 3.05) is 31.1 Å². The summed E-state index contributed by atoms with van der Waals surface area (Å²) in [6.45, 7) is 3.96. The van der Waals surface area contributed by atoms with Gasteiger partial charge in [-0.3, -0.25) is 9.59 Å². The predicted octanol–water partition coefficient (Wildman–Crippen LogP) is 2.61. The highest BCUT2D eigenvalue weighted by molar-refractivity contribution is 6.30. The molecular weight excluding hydrogens is 402 g/mol. The van der Waals surface area contributed by atoms with Gasteiger partial charge < -0.3 is 20.1 Å². The average Bonchev–Trinajstić information content (AvgIpc) is 3.16. The fraction of sp³-hybridized carbons (Fsp3) is 0.318.